The molecular weight excluding hydrogens is 374 g/mol. The molecule has 0 radical (unpaired) electrons. The van der Waals surface area contributed by atoms with E-state index in [-0.39, 0.29) is 23.5 Å². The molecule has 0 fully saturated rings. The second-order valence-corrected chi connectivity index (χ2v) is 8.25. The summed E-state index contributed by atoms with van der Waals surface area (Å²) in [4.78, 5) is 27.6. The number of aliphatic hydroxyl groups excluding tert-OH is 1. The van der Waals surface area contributed by atoms with Crippen LogP contribution in [0.4, 0.5) is 0 Å². The van der Waals surface area contributed by atoms with Gasteiger partial charge in [0.15, 0.2) is 11.5 Å². The van der Waals surface area contributed by atoms with Gasteiger partial charge in [-0.15, -0.1) is 0 Å². The number of unbranched alkanes of at least 4 members (excludes halogenated alkanes) is 1. The number of carbonyl (C=O) groups is 2. The predicted octanol–water partition coefficient (Wildman–Crippen LogP) is 5.51. The summed E-state index contributed by atoms with van der Waals surface area (Å²) in [5.74, 6) is -0.593. The highest BCUT2D eigenvalue weighted by atomic mass is 16.3. The third-order valence-corrected chi connectivity index (χ3v) is 5.76. The lowest BCUT2D eigenvalue weighted by atomic mass is 9.91. The first kappa shape index (κ1) is 21.8. The predicted molar refractivity (Wildman–Crippen MR) is 119 cm³/mol. The fourth-order valence-corrected chi connectivity index (χ4v) is 3.94. The number of nitrogens with zero attached hydrogens (tertiary/aromatic N) is 1. The third kappa shape index (κ3) is 4.64. The average molecular weight is 406 g/mol. The van der Waals surface area contributed by atoms with Crippen LogP contribution in [-0.4, -0.2) is 28.2 Å². The van der Waals surface area contributed by atoms with Crippen LogP contribution in [0.15, 0.2) is 65.9 Å². The minimum Gasteiger partial charge on any atom is -0.503 e. The van der Waals surface area contributed by atoms with Crippen LogP contribution in [0, 0.1) is 0 Å². The van der Waals surface area contributed by atoms with E-state index in [0.717, 1.165) is 24.0 Å². The highest BCUT2D eigenvalue weighted by Gasteiger charge is 2.42. The largest absolute Gasteiger partial charge is 0.503 e. The Morgan fingerprint density at radius 3 is 2.33 bits per heavy atom. The van der Waals surface area contributed by atoms with E-state index < -0.39 is 11.9 Å². The van der Waals surface area contributed by atoms with E-state index in [9.17, 15) is 14.7 Å². The molecule has 4 nitrogen and oxygen atoms in total. The van der Waals surface area contributed by atoms with Crippen molar-refractivity contribution in [3.8, 4) is 0 Å². The summed E-state index contributed by atoms with van der Waals surface area (Å²) < 4.78 is 0. The molecule has 0 saturated carbocycles. The fraction of sp³-hybridized carbons (Fsp3) is 0.385. The van der Waals surface area contributed by atoms with Gasteiger partial charge >= 0.3 is 0 Å². The molecule has 1 aliphatic heterocycles. The molecule has 1 aliphatic rings. The Kier molecular flexibility index (Phi) is 7.09. The second kappa shape index (κ2) is 9.75. The van der Waals surface area contributed by atoms with Crippen LogP contribution < -0.4 is 0 Å². The van der Waals surface area contributed by atoms with Crippen LogP contribution in [0.5, 0.6) is 0 Å². The summed E-state index contributed by atoms with van der Waals surface area (Å²) in [6.45, 7) is 6.84. The van der Waals surface area contributed by atoms with Gasteiger partial charge in [-0.25, -0.2) is 0 Å². The highest BCUT2D eigenvalue weighted by molar-refractivity contribution is 6.09. The number of benzene rings is 2. The lowest BCUT2D eigenvalue weighted by molar-refractivity contribution is -0.129. The van der Waals surface area contributed by atoms with E-state index in [1.807, 2.05) is 54.6 Å². The minimum absolute atomic E-state index is 0.165. The lowest BCUT2D eigenvalue weighted by Crippen LogP contribution is -2.32. The van der Waals surface area contributed by atoms with E-state index in [2.05, 4.69) is 20.8 Å². The molecule has 1 unspecified atom stereocenters. The van der Waals surface area contributed by atoms with Gasteiger partial charge in [-0.05, 0) is 35.4 Å². The molecule has 3 rings (SSSR count). The van der Waals surface area contributed by atoms with Crippen LogP contribution >= 0.6 is 0 Å². The fourth-order valence-electron chi connectivity index (χ4n) is 3.94. The molecule has 2 aromatic rings. The first-order valence-electron chi connectivity index (χ1n) is 10.8. The molecular formula is C26H31NO3. The monoisotopic (exact) mass is 405 g/mol. The van der Waals surface area contributed by atoms with Gasteiger partial charge in [-0.2, -0.15) is 0 Å². The van der Waals surface area contributed by atoms with Gasteiger partial charge in [0.2, 0.25) is 0 Å². The lowest BCUT2D eigenvalue weighted by Gasteiger charge is -2.27. The number of Topliss-reactive ketones (excluding diaryl/α,β-unsaturated/α-hetero) is 1. The topological polar surface area (TPSA) is 57.6 Å². The Balaban J connectivity index is 1.90. The summed E-state index contributed by atoms with van der Waals surface area (Å²) in [6, 6.07) is 17.3. The standard InChI is InChI=1S/C26H31NO3/c1-4-5-17-27-24(21-14-12-20(13-15-21)18(2)3)23(25(29)26(27)30)22(28)16-11-19-9-7-6-8-10-19/h6-10,12-15,18,24,29H,4-5,11,16-17H2,1-3H3. The van der Waals surface area contributed by atoms with Gasteiger partial charge in [0.05, 0.1) is 11.6 Å². The van der Waals surface area contributed by atoms with Crippen molar-refractivity contribution < 1.29 is 14.7 Å². The minimum atomic E-state index is -0.520. The zero-order valence-electron chi connectivity index (χ0n) is 18.1. The van der Waals surface area contributed by atoms with Crippen LogP contribution in [0.3, 0.4) is 0 Å². The third-order valence-electron chi connectivity index (χ3n) is 5.76. The van der Waals surface area contributed by atoms with Crippen molar-refractivity contribution >= 4 is 11.7 Å². The number of amides is 1. The molecule has 1 atom stereocenters. The van der Waals surface area contributed by atoms with Crippen LogP contribution in [-0.2, 0) is 16.0 Å². The molecule has 1 heterocycles. The Morgan fingerprint density at radius 1 is 1.07 bits per heavy atom. The van der Waals surface area contributed by atoms with Gasteiger partial charge < -0.3 is 10.0 Å². The zero-order chi connectivity index (χ0) is 21.7. The maximum Gasteiger partial charge on any atom is 0.290 e. The Labute approximate surface area is 179 Å². The first-order valence-corrected chi connectivity index (χ1v) is 10.8. The first-order chi connectivity index (χ1) is 14.4. The summed E-state index contributed by atoms with van der Waals surface area (Å²) in [7, 11) is 0. The van der Waals surface area contributed by atoms with Gasteiger partial charge in [0, 0.05) is 13.0 Å². The van der Waals surface area contributed by atoms with Crippen molar-refractivity contribution in [2.75, 3.05) is 6.54 Å². The molecule has 0 spiro atoms. The SMILES string of the molecule is CCCCN1C(=O)C(O)=C(C(=O)CCc2ccccc2)C1c1ccc(C(C)C)cc1. The molecule has 1 N–H and O–H groups in total. The van der Waals surface area contributed by atoms with Crippen LogP contribution in [0.25, 0.3) is 0 Å². The van der Waals surface area contributed by atoms with E-state index in [0.29, 0.717) is 18.9 Å². The average Bonchev–Trinajstić information content (AvgIpc) is 3.01. The molecule has 158 valence electrons. The quantitative estimate of drug-likeness (QED) is 0.599. The zero-order valence-corrected chi connectivity index (χ0v) is 18.1. The summed E-state index contributed by atoms with van der Waals surface area (Å²) in [5.41, 5.74) is 3.38. The van der Waals surface area contributed by atoms with Crippen molar-refractivity contribution in [1.82, 2.24) is 4.90 Å². The summed E-state index contributed by atoms with van der Waals surface area (Å²) in [6.07, 6.45) is 2.60. The number of hydrogen-bond donors (Lipinski definition) is 1. The number of ketones is 1. The molecule has 0 aromatic heterocycles. The van der Waals surface area contributed by atoms with E-state index in [4.69, 9.17) is 0 Å². The van der Waals surface area contributed by atoms with E-state index in [1.54, 1.807) is 4.90 Å². The summed E-state index contributed by atoms with van der Waals surface area (Å²) in [5, 5.41) is 10.6. The van der Waals surface area contributed by atoms with Gasteiger partial charge in [0.1, 0.15) is 0 Å². The molecule has 0 aliphatic carbocycles. The molecule has 4 heteroatoms. The van der Waals surface area contributed by atoms with E-state index in [1.165, 1.54) is 5.56 Å². The smallest absolute Gasteiger partial charge is 0.290 e. The Morgan fingerprint density at radius 2 is 1.73 bits per heavy atom. The maximum atomic E-state index is 13.2. The van der Waals surface area contributed by atoms with Crippen molar-refractivity contribution in [3.63, 3.8) is 0 Å². The van der Waals surface area contributed by atoms with Crippen LogP contribution in [0.1, 0.15) is 68.7 Å². The molecule has 0 saturated heterocycles. The van der Waals surface area contributed by atoms with Crippen LogP contribution in [0.2, 0.25) is 0 Å². The number of hydrogen-bond acceptors (Lipinski definition) is 3. The highest BCUT2D eigenvalue weighted by Crippen LogP contribution is 2.39. The number of aryl methyl sites for hydroxylation is 1. The normalized spacial score (nSPS) is 16.6. The Bertz CT molecular complexity index is 913. The van der Waals surface area contributed by atoms with E-state index >= 15 is 0 Å². The van der Waals surface area contributed by atoms with Crippen molar-refractivity contribution in [1.29, 1.82) is 0 Å². The second-order valence-electron chi connectivity index (χ2n) is 8.25. The Hall–Kier alpha value is -2.88. The van der Waals surface area contributed by atoms with Crippen molar-refractivity contribution in [2.45, 2.75) is 58.4 Å². The van der Waals surface area contributed by atoms with Gasteiger partial charge in [0.25, 0.3) is 5.91 Å². The number of rotatable bonds is 9. The van der Waals surface area contributed by atoms with Crippen molar-refractivity contribution in [2.24, 2.45) is 0 Å². The summed E-state index contributed by atoms with van der Waals surface area (Å²) >= 11 is 0. The molecule has 1 amide bonds. The molecule has 2 aromatic carbocycles. The van der Waals surface area contributed by atoms with Gasteiger partial charge in [-0.1, -0.05) is 81.8 Å². The molecule has 30 heavy (non-hydrogen) atoms. The number of carbonyl (C=O) groups excluding carboxylic acids is 2. The van der Waals surface area contributed by atoms with Crippen molar-refractivity contribution in [3.05, 3.63) is 82.6 Å². The molecule has 0 bridgehead atoms. The van der Waals surface area contributed by atoms with Gasteiger partial charge in [-0.3, -0.25) is 9.59 Å². The maximum absolute atomic E-state index is 13.2. The number of aliphatic hydroxyl groups is 1.